The van der Waals surface area contributed by atoms with Gasteiger partial charge in [-0.05, 0) is 56.4 Å². The number of carbonyl (C=O) groups is 1. The van der Waals surface area contributed by atoms with Crippen LogP contribution >= 0.6 is 34.7 Å². The predicted octanol–water partition coefficient (Wildman–Crippen LogP) is 5.20. The first-order valence-electron chi connectivity index (χ1n) is 9.20. The van der Waals surface area contributed by atoms with Crippen LogP contribution in [0.15, 0.2) is 47.4 Å². The normalized spacial score (nSPS) is 11.3. The Morgan fingerprint density at radius 2 is 1.89 bits per heavy atom. The number of rotatable bonds is 8. The molecule has 0 fully saturated rings. The van der Waals surface area contributed by atoms with Crippen molar-refractivity contribution < 1.29 is 4.79 Å². The SMILES string of the molecule is CCc1cccc2sc(N(CCN(C)C)C(=O)CSc3ccc(Cl)cc3)nc12. The third-order valence-electron chi connectivity index (χ3n) is 4.35. The quantitative estimate of drug-likeness (QED) is 0.457. The van der Waals surface area contributed by atoms with Gasteiger partial charge in [0, 0.05) is 23.0 Å². The van der Waals surface area contributed by atoms with E-state index in [4.69, 9.17) is 16.6 Å². The van der Waals surface area contributed by atoms with Crippen LogP contribution in [0, 0.1) is 0 Å². The fourth-order valence-electron chi connectivity index (χ4n) is 2.78. The summed E-state index contributed by atoms with van der Waals surface area (Å²) in [5.74, 6) is 0.435. The van der Waals surface area contributed by atoms with Gasteiger partial charge in [-0.2, -0.15) is 0 Å². The summed E-state index contributed by atoms with van der Waals surface area (Å²) in [4.78, 5) is 22.8. The highest BCUT2D eigenvalue weighted by Crippen LogP contribution is 2.32. The first-order valence-corrected chi connectivity index (χ1v) is 11.4. The molecule has 0 saturated heterocycles. The van der Waals surface area contributed by atoms with Crippen LogP contribution in [-0.2, 0) is 11.2 Å². The summed E-state index contributed by atoms with van der Waals surface area (Å²) in [5, 5.41) is 1.48. The number of benzene rings is 2. The zero-order valence-corrected chi connectivity index (χ0v) is 18.7. The van der Waals surface area contributed by atoms with Crippen molar-refractivity contribution in [3.63, 3.8) is 0 Å². The van der Waals surface area contributed by atoms with Gasteiger partial charge in [-0.1, -0.05) is 42.0 Å². The minimum Gasteiger partial charge on any atom is -0.308 e. The Hall–Kier alpha value is -1.60. The average molecular weight is 434 g/mol. The van der Waals surface area contributed by atoms with Gasteiger partial charge < -0.3 is 4.90 Å². The zero-order valence-electron chi connectivity index (χ0n) is 16.3. The van der Waals surface area contributed by atoms with Gasteiger partial charge in [-0.25, -0.2) is 4.98 Å². The molecule has 1 heterocycles. The molecule has 0 unspecified atom stereocenters. The Labute approximate surface area is 179 Å². The highest BCUT2D eigenvalue weighted by Gasteiger charge is 2.20. The highest BCUT2D eigenvalue weighted by atomic mass is 35.5. The summed E-state index contributed by atoms with van der Waals surface area (Å²) >= 11 is 9.05. The molecule has 0 N–H and O–H groups in total. The Kier molecular flexibility index (Phi) is 7.35. The number of hydrogen-bond donors (Lipinski definition) is 0. The second-order valence-electron chi connectivity index (χ2n) is 6.71. The van der Waals surface area contributed by atoms with E-state index in [9.17, 15) is 4.79 Å². The van der Waals surface area contributed by atoms with Crippen molar-refractivity contribution in [1.82, 2.24) is 9.88 Å². The van der Waals surface area contributed by atoms with Crippen LogP contribution in [0.1, 0.15) is 12.5 Å². The molecule has 28 heavy (non-hydrogen) atoms. The number of amides is 1. The molecule has 0 spiro atoms. The molecule has 7 heteroatoms. The highest BCUT2D eigenvalue weighted by molar-refractivity contribution is 8.00. The Morgan fingerprint density at radius 3 is 2.57 bits per heavy atom. The topological polar surface area (TPSA) is 36.4 Å². The predicted molar refractivity (Wildman–Crippen MR) is 122 cm³/mol. The van der Waals surface area contributed by atoms with E-state index in [-0.39, 0.29) is 5.91 Å². The standard InChI is InChI=1S/C21H24ClN3OS2/c1-4-15-6-5-7-18-20(15)23-21(28-18)25(13-12-24(2)3)19(26)14-27-17-10-8-16(22)9-11-17/h5-11H,4,12-14H2,1-3H3. The lowest BCUT2D eigenvalue weighted by atomic mass is 10.1. The summed E-state index contributed by atoms with van der Waals surface area (Å²) in [5.41, 5.74) is 2.23. The number of likely N-dealkylation sites (N-methyl/N-ethyl adjacent to an activating group) is 1. The van der Waals surface area contributed by atoms with Gasteiger partial charge in [0.15, 0.2) is 5.13 Å². The summed E-state index contributed by atoms with van der Waals surface area (Å²) in [6.45, 7) is 3.54. The number of carbonyl (C=O) groups excluding carboxylic acids is 1. The molecule has 1 amide bonds. The molecule has 4 nitrogen and oxygen atoms in total. The minimum atomic E-state index is 0.0684. The van der Waals surface area contributed by atoms with Crippen molar-refractivity contribution >= 4 is 56.0 Å². The van der Waals surface area contributed by atoms with Crippen LogP contribution in [0.2, 0.25) is 5.02 Å². The summed E-state index contributed by atoms with van der Waals surface area (Å²) in [7, 11) is 4.03. The molecule has 0 radical (unpaired) electrons. The van der Waals surface area contributed by atoms with E-state index in [0.29, 0.717) is 17.3 Å². The monoisotopic (exact) mass is 433 g/mol. The van der Waals surface area contributed by atoms with Gasteiger partial charge in [0.25, 0.3) is 0 Å². The van der Waals surface area contributed by atoms with Crippen LogP contribution in [0.3, 0.4) is 0 Å². The number of thioether (sulfide) groups is 1. The van der Waals surface area contributed by atoms with Crippen molar-refractivity contribution in [1.29, 1.82) is 0 Å². The van der Waals surface area contributed by atoms with Gasteiger partial charge in [-0.15, -0.1) is 11.8 Å². The van der Waals surface area contributed by atoms with Gasteiger partial charge in [0.2, 0.25) is 5.91 Å². The number of para-hydroxylation sites is 1. The van der Waals surface area contributed by atoms with Crippen LogP contribution < -0.4 is 4.90 Å². The second kappa shape index (κ2) is 9.74. The minimum absolute atomic E-state index is 0.0684. The van der Waals surface area contributed by atoms with E-state index in [0.717, 1.165) is 33.2 Å². The maximum absolute atomic E-state index is 13.1. The first kappa shape index (κ1) is 21.1. The third kappa shape index (κ3) is 5.26. The van der Waals surface area contributed by atoms with Crippen LogP contribution in [0.5, 0.6) is 0 Å². The maximum Gasteiger partial charge on any atom is 0.239 e. The molecule has 0 aliphatic carbocycles. The van der Waals surface area contributed by atoms with Crippen molar-refractivity contribution in [2.75, 3.05) is 37.8 Å². The molecule has 1 aromatic heterocycles. The van der Waals surface area contributed by atoms with Gasteiger partial charge >= 0.3 is 0 Å². The van der Waals surface area contributed by atoms with Gasteiger partial charge in [0.05, 0.1) is 16.0 Å². The molecule has 0 aliphatic heterocycles. The molecule has 0 bridgehead atoms. The summed E-state index contributed by atoms with van der Waals surface area (Å²) in [6.07, 6.45) is 0.929. The van der Waals surface area contributed by atoms with Crippen molar-refractivity contribution in [3.8, 4) is 0 Å². The summed E-state index contributed by atoms with van der Waals surface area (Å²) in [6, 6.07) is 13.8. The van der Waals surface area contributed by atoms with Crippen LogP contribution in [0.25, 0.3) is 10.2 Å². The molecule has 0 aliphatic rings. The van der Waals surface area contributed by atoms with Crippen molar-refractivity contribution in [2.24, 2.45) is 0 Å². The number of fused-ring (bicyclic) bond motifs is 1. The Morgan fingerprint density at radius 1 is 1.14 bits per heavy atom. The molecule has 3 aromatic rings. The fourth-order valence-corrected chi connectivity index (χ4v) is 4.73. The number of aromatic nitrogens is 1. The van der Waals surface area contributed by atoms with E-state index in [1.165, 1.54) is 17.3 Å². The smallest absolute Gasteiger partial charge is 0.239 e. The molecular formula is C21H24ClN3OS2. The van der Waals surface area contributed by atoms with Crippen LogP contribution in [0.4, 0.5) is 5.13 Å². The van der Waals surface area contributed by atoms with Gasteiger partial charge in [-0.3, -0.25) is 9.69 Å². The molecular weight excluding hydrogens is 410 g/mol. The van der Waals surface area contributed by atoms with E-state index in [1.54, 1.807) is 11.3 Å². The number of aryl methyl sites for hydroxylation is 1. The molecule has 2 aromatic carbocycles. The van der Waals surface area contributed by atoms with Crippen LogP contribution in [-0.4, -0.2) is 48.7 Å². The number of halogens is 1. The zero-order chi connectivity index (χ0) is 20.1. The number of thiazole rings is 1. The molecule has 0 saturated carbocycles. The van der Waals surface area contributed by atoms with E-state index in [2.05, 4.69) is 30.0 Å². The van der Waals surface area contributed by atoms with E-state index >= 15 is 0 Å². The first-order chi connectivity index (χ1) is 13.5. The lowest BCUT2D eigenvalue weighted by Crippen LogP contribution is -2.37. The van der Waals surface area contributed by atoms with Crippen molar-refractivity contribution in [3.05, 3.63) is 53.1 Å². The van der Waals surface area contributed by atoms with E-state index < -0.39 is 0 Å². The number of hydrogen-bond acceptors (Lipinski definition) is 5. The van der Waals surface area contributed by atoms with E-state index in [1.807, 2.05) is 43.3 Å². The average Bonchev–Trinajstić information content (AvgIpc) is 3.11. The fraction of sp³-hybridized carbons (Fsp3) is 0.333. The molecule has 148 valence electrons. The Balaban J connectivity index is 1.81. The summed E-state index contributed by atoms with van der Waals surface area (Å²) < 4.78 is 1.13. The second-order valence-corrected chi connectivity index (χ2v) is 9.20. The Bertz CT molecular complexity index is 940. The third-order valence-corrected chi connectivity index (χ3v) is 6.64. The lowest BCUT2D eigenvalue weighted by Gasteiger charge is -2.21. The number of nitrogens with zero attached hydrogens (tertiary/aromatic N) is 3. The number of anilines is 1. The molecule has 3 rings (SSSR count). The lowest BCUT2D eigenvalue weighted by molar-refractivity contribution is -0.116. The van der Waals surface area contributed by atoms with Gasteiger partial charge in [0.1, 0.15) is 0 Å². The van der Waals surface area contributed by atoms with Crippen molar-refractivity contribution in [2.45, 2.75) is 18.2 Å². The largest absolute Gasteiger partial charge is 0.308 e. The molecule has 0 atom stereocenters. The maximum atomic E-state index is 13.1.